The number of benzene rings is 1. The first-order valence-electron chi connectivity index (χ1n) is 5.38. The average Bonchev–Trinajstić information content (AvgIpc) is 2.28. The van der Waals surface area contributed by atoms with Gasteiger partial charge in [-0.05, 0) is 44.6 Å². The van der Waals surface area contributed by atoms with Gasteiger partial charge in [-0.3, -0.25) is 0 Å². The molecule has 4 nitrogen and oxygen atoms in total. The molecule has 96 valence electrons. The van der Waals surface area contributed by atoms with Gasteiger partial charge in [0.15, 0.2) is 0 Å². The predicted molar refractivity (Wildman–Crippen MR) is 69.9 cm³/mol. The van der Waals surface area contributed by atoms with Crippen LogP contribution in [0.25, 0.3) is 0 Å². The Labute approximate surface area is 107 Å². The lowest BCUT2D eigenvalue weighted by atomic mass is 10.2. The van der Waals surface area contributed by atoms with Crippen LogP contribution in [-0.4, -0.2) is 28.6 Å². The van der Waals surface area contributed by atoms with Crippen LogP contribution in [0.5, 0.6) is 0 Å². The van der Waals surface area contributed by atoms with Crippen molar-refractivity contribution in [2.24, 2.45) is 0 Å². The second-order valence-corrected chi connectivity index (χ2v) is 5.93. The molecule has 0 unspecified atom stereocenters. The maximum absolute atomic E-state index is 12.0. The van der Waals surface area contributed by atoms with Crippen molar-refractivity contribution in [2.75, 3.05) is 20.1 Å². The van der Waals surface area contributed by atoms with E-state index in [0.717, 1.165) is 18.5 Å². The van der Waals surface area contributed by atoms with E-state index in [1.807, 2.05) is 14.0 Å². The van der Waals surface area contributed by atoms with Crippen molar-refractivity contribution in [3.8, 4) is 0 Å². The largest absolute Gasteiger partial charge is 0.320 e. The second kappa shape index (κ2) is 6.35. The van der Waals surface area contributed by atoms with Crippen molar-refractivity contribution in [1.29, 1.82) is 0 Å². The smallest absolute Gasteiger partial charge is 0.242 e. The molecule has 0 bridgehead atoms. The van der Waals surface area contributed by atoms with Crippen LogP contribution in [0.15, 0.2) is 23.1 Å². The van der Waals surface area contributed by atoms with Crippen molar-refractivity contribution in [3.63, 3.8) is 0 Å². The molecule has 6 heteroatoms. The Bertz CT molecular complexity index is 474. The highest BCUT2D eigenvalue weighted by Gasteiger charge is 2.17. The van der Waals surface area contributed by atoms with Gasteiger partial charge in [0.1, 0.15) is 4.90 Å². The van der Waals surface area contributed by atoms with Gasteiger partial charge in [0.25, 0.3) is 0 Å². The summed E-state index contributed by atoms with van der Waals surface area (Å²) in [5, 5.41) is 3.20. The van der Waals surface area contributed by atoms with Crippen LogP contribution in [0.1, 0.15) is 12.0 Å². The number of hydrogen-bond donors (Lipinski definition) is 2. The second-order valence-electron chi connectivity index (χ2n) is 3.79. The fraction of sp³-hybridized carbons (Fsp3) is 0.455. The van der Waals surface area contributed by atoms with E-state index in [0.29, 0.717) is 6.54 Å². The molecular formula is C11H17ClN2O2S. The van der Waals surface area contributed by atoms with Crippen LogP contribution in [0, 0.1) is 6.92 Å². The van der Waals surface area contributed by atoms with Crippen LogP contribution < -0.4 is 10.0 Å². The maximum atomic E-state index is 12.0. The van der Waals surface area contributed by atoms with Crippen molar-refractivity contribution < 1.29 is 8.42 Å². The van der Waals surface area contributed by atoms with Crippen LogP contribution in [0.4, 0.5) is 0 Å². The molecule has 0 aliphatic rings. The van der Waals surface area contributed by atoms with Gasteiger partial charge in [0.2, 0.25) is 10.0 Å². The topological polar surface area (TPSA) is 58.2 Å². The number of nitrogens with one attached hydrogen (secondary N) is 2. The lowest BCUT2D eigenvalue weighted by Gasteiger charge is -2.08. The van der Waals surface area contributed by atoms with Gasteiger partial charge in [-0.15, -0.1) is 0 Å². The van der Waals surface area contributed by atoms with Gasteiger partial charge in [-0.2, -0.15) is 0 Å². The van der Waals surface area contributed by atoms with Gasteiger partial charge in [-0.25, -0.2) is 13.1 Å². The summed E-state index contributed by atoms with van der Waals surface area (Å²) < 4.78 is 26.4. The molecule has 0 fully saturated rings. The molecule has 0 aromatic heterocycles. The highest BCUT2D eigenvalue weighted by Crippen LogP contribution is 2.22. The fourth-order valence-electron chi connectivity index (χ4n) is 1.37. The number of sulfonamides is 1. The third-order valence-electron chi connectivity index (χ3n) is 2.27. The number of halogens is 1. The summed E-state index contributed by atoms with van der Waals surface area (Å²) in [4.78, 5) is 0.142. The highest BCUT2D eigenvalue weighted by atomic mass is 35.5. The lowest BCUT2D eigenvalue weighted by molar-refractivity contribution is 0.577. The predicted octanol–water partition coefficient (Wildman–Crippen LogP) is 1.54. The first-order chi connectivity index (χ1) is 7.97. The molecule has 0 aliphatic carbocycles. The zero-order valence-electron chi connectivity index (χ0n) is 9.96. The zero-order chi connectivity index (χ0) is 12.9. The average molecular weight is 277 g/mol. The number of aryl methyl sites for hydroxylation is 1. The molecule has 0 saturated carbocycles. The normalized spacial score (nSPS) is 11.7. The summed E-state index contributed by atoms with van der Waals surface area (Å²) in [6, 6.07) is 4.95. The number of hydrogen-bond acceptors (Lipinski definition) is 3. The van der Waals surface area contributed by atoms with E-state index < -0.39 is 10.0 Å². The summed E-state index contributed by atoms with van der Waals surface area (Å²) in [5.41, 5.74) is 0.866. The monoisotopic (exact) mass is 276 g/mol. The SMILES string of the molecule is CNCCCNS(=O)(=O)c1cc(C)ccc1Cl. The molecule has 0 heterocycles. The molecule has 0 saturated heterocycles. The Morgan fingerprint density at radius 2 is 2.00 bits per heavy atom. The molecule has 0 amide bonds. The third-order valence-corrected chi connectivity index (χ3v) is 4.21. The Kier molecular flexibility index (Phi) is 5.39. The molecule has 1 aromatic rings. The summed E-state index contributed by atoms with van der Waals surface area (Å²) in [6.45, 7) is 2.99. The first-order valence-corrected chi connectivity index (χ1v) is 7.24. The summed E-state index contributed by atoms with van der Waals surface area (Å²) in [6.07, 6.45) is 0.735. The van der Waals surface area contributed by atoms with E-state index in [4.69, 9.17) is 11.6 Å². The Hall–Kier alpha value is -0.620. The van der Waals surface area contributed by atoms with E-state index in [1.165, 1.54) is 0 Å². The number of rotatable bonds is 6. The van der Waals surface area contributed by atoms with Crippen LogP contribution in [0.3, 0.4) is 0 Å². The quantitative estimate of drug-likeness (QED) is 0.775. The lowest BCUT2D eigenvalue weighted by Crippen LogP contribution is -2.27. The van der Waals surface area contributed by atoms with E-state index in [2.05, 4.69) is 10.0 Å². The van der Waals surface area contributed by atoms with Gasteiger partial charge < -0.3 is 5.32 Å². The highest BCUT2D eigenvalue weighted by molar-refractivity contribution is 7.89. The molecule has 0 aliphatic heterocycles. The van der Waals surface area contributed by atoms with Crippen molar-refractivity contribution in [1.82, 2.24) is 10.0 Å². The molecule has 0 radical (unpaired) electrons. The van der Waals surface area contributed by atoms with E-state index in [-0.39, 0.29) is 9.92 Å². The molecule has 0 atom stereocenters. The minimum Gasteiger partial charge on any atom is -0.320 e. The maximum Gasteiger partial charge on any atom is 0.242 e. The minimum atomic E-state index is -3.50. The van der Waals surface area contributed by atoms with Crippen molar-refractivity contribution >= 4 is 21.6 Å². The Morgan fingerprint density at radius 1 is 1.29 bits per heavy atom. The Balaban J connectivity index is 2.79. The van der Waals surface area contributed by atoms with Crippen molar-refractivity contribution in [3.05, 3.63) is 28.8 Å². The zero-order valence-corrected chi connectivity index (χ0v) is 11.5. The third kappa shape index (κ3) is 4.27. The van der Waals surface area contributed by atoms with Gasteiger partial charge >= 0.3 is 0 Å². The molecule has 0 spiro atoms. The molecular weight excluding hydrogens is 260 g/mol. The van der Waals surface area contributed by atoms with E-state index in [1.54, 1.807) is 18.2 Å². The van der Waals surface area contributed by atoms with E-state index >= 15 is 0 Å². The summed E-state index contributed by atoms with van der Waals surface area (Å²) in [5.74, 6) is 0. The first kappa shape index (κ1) is 14.4. The molecule has 1 rings (SSSR count). The van der Waals surface area contributed by atoms with Crippen molar-refractivity contribution in [2.45, 2.75) is 18.2 Å². The molecule has 17 heavy (non-hydrogen) atoms. The molecule has 2 N–H and O–H groups in total. The van der Waals surface area contributed by atoms with Gasteiger partial charge in [-0.1, -0.05) is 17.7 Å². The fourth-order valence-corrected chi connectivity index (χ4v) is 3.02. The van der Waals surface area contributed by atoms with E-state index in [9.17, 15) is 8.42 Å². The summed E-state index contributed by atoms with van der Waals surface area (Å²) >= 11 is 5.89. The molecule has 1 aromatic carbocycles. The van der Waals surface area contributed by atoms with Gasteiger partial charge in [0, 0.05) is 6.54 Å². The summed E-state index contributed by atoms with van der Waals surface area (Å²) in [7, 11) is -1.68. The van der Waals surface area contributed by atoms with Crippen LogP contribution in [-0.2, 0) is 10.0 Å². The van der Waals surface area contributed by atoms with Gasteiger partial charge in [0.05, 0.1) is 5.02 Å². The Morgan fingerprint density at radius 3 is 2.65 bits per heavy atom. The van der Waals surface area contributed by atoms with Crippen LogP contribution in [0.2, 0.25) is 5.02 Å². The van der Waals surface area contributed by atoms with Crippen LogP contribution >= 0.6 is 11.6 Å². The minimum absolute atomic E-state index is 0.142. The standard InChI is InChI=1S/C11H17ClN2O2S/c1-9-4-5-10(12)11(8-9)17(15,16)14-7-3-6-13-2/h4-5,8,13-14H,3,6-7H2,1-2H3.